The van der Waals surface area contributed by atoms with Crippen LogP contribution in [0.25, 0.3) is 0 Å². The molecule has 0 saturated heterocycles. The second-order valence-corrected chi connectivity index (χ2v) is 9.30. The van der Waals surface area contributed by atoms with Gasteiger partial charge in [-0.15, -0.1) is 11.8 Å². The molecule has 2 aromatic rings. The van der Waals surface area contributed by atoms with Crippen molar-refractivity contribution in [2.45, 2.75) is 56.8 Å². The number of rotatable bonds is 10. The van der Waals surface area contributed by atoms with E-state index >= 15 is 0 Å². The molecule has 0 aliphatic heterocycles. The highest BCUT2D eigenvalue weighted by molar-refractivity contribution is 8.00. The summed E-state index contributed by atoms with van der Waals surface area (Å²) in [6, 6.07) is 14.3. The topological polar surface area (TPSA) is 84.5 Å². The van der Waals surface area contributed by atoms with Crippen LogP contribution in [0, 0.1) is 5.92 Å². The molecule has 2 N–H and O–H groups in total. The lowest BCUT2D eigenvalue weighted by atomic mass is 9.88. The third-order valence-electron chi connectivity index (χ3n) is 5.60. The Kier molecular flexibility index (Phi) is 9.81. The van der Waals surface area contributed by atoms with E-state index in [1.165, 1.54) is 18.2 Å². The van der Waals surface area contributed by atoms with E-state index in [4.69, 9.17) is 4.74 Å². The number of esters is 1. The molecule has 7 heteroatoms. The van der Waals surface area contributed by atoms with E-state index in [0.29, 0.717) is 17.9 Å². The van der Waals surface area contributed by atoms with E-state index in [-0.39, 0.29) is 29.5 Å². The van der Waals surface area contributed by atoms with Crippen molar-refractivity contribution in [2.24, 2.45) is 5.92 Å². The predicted molar refractivity (Wildman–Crippen MR) is 133 cm³/mol. The second-order valence-electron chi connectivity index (χ2n) is 8.25. The Morgan fingerprint density at radius 1 is 0.909 bits per heavy atom. The Balaban J connectivity index is 1.41. The fourth-order valence-electron chi connectivity index (χ4n) is 3.67. The summed E-state index contributed by atoms with van der Waals surface area (Å²) in [5.41, 5.74) is 1.88. The quantitative estimate of drug-likeness (QED) is 0.258. The Hall–Kier alpha value is -2.80. The maximum Gasteiger partial charge on any atom is 0.338 e. The first-order chi connectivity index (χ1) is 16.0. The van der Waals surface area contributed by atoms with Crippen LogP contribution >= 0.6 is 11.8 Å². The van der Waals surface area contributed by atoms with E-state index in [2.05, 4.69) is 10.6 Å². The molecule has 0 atom stereocenters. The van der Waals surface area contributed by atoms with E-state index in [1.807, 2.05) is 31.2 Å². The van der Waals surface area contributed by atoms with Crippen LogP contribution in [0.5, 0.6) is 0 Å². The molecule has 0 radical (unpaired) electrons. The first kappa shape index (κ1) is 24.8. The standard InChI is InChI=1S/C26H32N2O4S/c1-2-3-17-32-26(31)20-9-11-21(12-10-20)27-24(29)18-33-23-15-13-22(14-16-23)28-25(30)19-7-5-4-6-8-19/h9-16,19H,2-8,17-18H2,1H3,(H,27,29)(H,28,30). The van der Waals surface area contributed by atoms with Crippen LogP contribution < -0.4 is 10.6 Å². The highest BCUT2D eigenvalue weighted by Crippen LogP contribution is 2.26. The normalized spacial score (nSPS) is 13.8. The maximum atomic E-state index is 12.4. The molecular weight excluding hydrogens is 436 g/mol. The Bertz CT molecular complexity index is 922. The van der Waals surface area contributed by atoms with Gasteiger partial charge < -0.3 is 15.4 Å². The average molecular weight is 469 g/mol. The molecule has 0 spiro atoms. The van der Waals surface area contributed by atoms with E-state index in [9.17, 15) is 14.4 Å². The van der Waals surface area contributed by atoms with Gasteiger partial charge in [0.25, 0.3) is 0 Å². The van der Waals surface area contributed by atoms with Crippen molar-refractivity contribution in [3.63, 3.8) is 0 Å². The van der Waals surface area contributed by atoms with Gasteiger partial charge in [0.2, 0.25) is 11.8 Å². The lowest BCUT2D eigenvalue weighted by Gasteiger charge is -2.20. The third kappa shape index (κ3) is 8.24. The number of thioether (sulfide) groups is 1. The third-order valence-corrected chi connectivity index (χ3v) is 6.62. The summed E-state index contributed by atoms with van der Waals surface area (Å²) >= 11 is 1.42. The first-order valence-electron chi connectivity index (χ1n) is 11.7. The summed E-state index contributed by atoms with van der Waals surface area (Å²) in [6.07, 6.45) is 7.24. The lowest BCUT2D eigenvalue weighted by Crippen LogP contribution is -2.24. The van der Waals surface area contributed by atoms with Gasteiger partial charge in [-0.25, -0.2) is 4.79 Å². The molecule has 0 bridgehead atoms. The van der Waals surface area contributed by atoms with Crippen molar-refractivity contribution in [1.82, 2.24) is 0 Å². The molecule has 176 valence electrons. The van der Waals surface area contributed by atoms with Crippen LogP contribution in [0.2, 0.25) is 0 Å². The van der Waals surface area contributed by atoms with Crippen LogP contribution in [0.3, 0.4) is 0 Å². The zero-order valence-electron chi connectivity index (χ0n) is 19.1. The van der Waals surface area contributed by atoms with Crippen LogP contribution in [0.15, 0.2) is 53.4 Å². The fourth-order valence-corrected chi connectivity index (χ4v) is 4.37. The van der Waals surface area contributed by atoms with Gasteiger partial charge in [-0.05, 0) is 67.8 Å². The number of unbranched alkanes of at least 4 members (excludes halogenated alkanes) is 1. The molecule has 0 aromatic heterocycles. The van der Waals surface area contributed by atoms with Crippen molar-refractivity contribution in [2.75, 3.05) is 23.0 Å². The summed E-state index contributed by atoms with van der Waals surface area (Å²) in [4.78, 5) is 37.5. The summed E-state index contributed by atoms with van der Waals surface area (Å²) in [5, 5.41) is 5.84. The Morgan fingerprint density at radius 2 is 1.55 bits per heavy atom. The summed E-state index contributed by atoms with van der Waals surface area (Å²) in [5.74, 6) is 0.00408. The maximum absolute atomic E-state index is 12.4. The van der Waals surface area contributed by atoms with Crippen LogP contribution in [0.4, 0.5) is 11.4 Å². The number of hydrogen-bond donors (Lipinski definition) is 2. The second kappa shape index (κ2) is 13.0. The van der Waals surface area contributed by atoms with Gasteiger partial charge in [0.15, 0.2) is 0 Å². The molecule has 2 aromatic carbocycles. The first-order valence-corrected chi connectivity index (χ1v) is 12.6. The van der Waals surface area contributed by atoms with Crippen molar-refractivity contribution < 1.29 is 19.1 Å². The smallest absolute Gasteiger partial charge is 0.338 e. The Labute approximate surface area is 199 Å². The minimum atomic E-state index is -0.352. The van der Waals surface area contributed by atoms with Gasteiger partial charge in [0.1, 0.15) is 0 Å². The molecule has 1 aliphatic carbocycles. The number of benzene rings is 2. The zero-order chi connectivity index (χ0) is 23.5. The van der Waals surface area contributed by atoms with Crippen LogP contribution in [-0.4, -0.2) is 30.1 Å². The minimum Gasteiger partial charge on any atom is -0.462 e. The SMILES string of the molecule is CCCCOC(=O)c1ccc(NC(=O)CSc2ccc(NC(=O)C3CCCCC3)cc2)cc1. The highest BCUT2D eigenvalue weighted by atomic mass is 32.2. The van der Waals surface area contributed by atoms with Crippen LogP contribution in [-0.2, 0) is 14.3 Å². The van der Waals surface area contributed by atoms with Crippen molar-refractivity contribution >= 4 is 40.9 Å². The molecule has 33 heavy (non-hydrogen) atoms. The number of amides is 2. The van der Waals surface area contributed by atoms with Crippen molar-refractivity contribution in [3.05, 3.63) is 54.1 Å². The molecule has 1 aliphatic rings. The predicted octanol–water partition coefficient (Wildman–Crippen LogP) is 5.89. The summed E-state index contributed by atoms with van der Waals surface area (Å²) < 4.78 is 5.18. The number of hydrogen-bond acceptors (Lipinski definition) is 5. The molecule has 3 rings (SSSR count). The summed E-state index contributed by atoms with van der Waals surface area (Å²) in [6.45, 7) is 2.45. The number of nitrogens with one attached hydrogen (secondary N) is 2. The van der Waals surface area contributed by atoms with Crippen molar-refractivity contribution in [3.8, 4) is 0 Å². The number of carbonyl (C=O) groups is 3. The fraction of sp³-hybridized carbons (Fsp3) is 0.423. The monoisotopic (exact) mass is 468 g/mol. The Morgan fingerprint density at radius 3 is 2.21 bits per heavy atom. The summed E-state index contributed by atoms with van der Waals surface area (Å²) in [7, 11) is 0. The number of ether oxygens (including phenoxy) is 1. The van der Waals surface area contributed by atoms with Crippen LogP contribution in [0.1, 0.15) is 62.2 Å². The van der Waals surface area contributed by atoms with Gasteiger partial charge in [-0.2, -0.15) is 0 Å². The minimum absolute atomic E-state index is 0.106. The van der Waals surface area contributed by atoms with E-state index < -0.39 is 0 Å². The average Bonchev–Trinajstić information content (AvgIpc) is 2.84. The molecule has 1 saturated carbocycles. The molecular formula is C26H32N2O4S. The molecule has 2 amide bonds. The molecule has 0 heterocycles. The van der Waals surface area contributed by atoms with Gasteiger partial charge in [-0.3, -0.25) is 9.59 Å². The number of carbonyl (C=O) groups excluding carboxylic acids is 3. The van der Waals surface area contributed by atoms with Gasteiger partial charge >= 0.3 is 5.97 Å². The largest absolute Gasteiger partial charge is 0.462 e. The zero-order valence-corrected chi connectivity index (χ0v) is 19.9. The van der Waals surface area contributed by atoms with Gasteiger partial charge in [0, 0.05) is 22.2 Å². The molecule has 0 unspecified atom stereocenters. The molecule has 6 nitrogen and oxygen atoms in total. The van der Waals surface area contributed by atoms with E-state index in [0.717, 1.165) is 49.1 Å². The lowest BCUT2D eigenvalue weighted by molar-refractivity contribution is -0.120. The van der Waals surface area contributed by atoms with Crippen molar-refractivity contribution in [1.29, 1.82) is 0 Å². The number of anilines is 2. The van der Waals surface area contributed by atoms with Gasteiger partial charge in [-0.1, -0.05) is 32.6 Å². The van der Waals surface area contributed by atoms with Gasteiger partial charge in [0.05, 0.1) is 17.9 Å². The highest BCUT2D eigenvalue weighted by Gasteiger charge is 2.21. The molecule has 1 fully saturated rings. The van der Waals surface area contributed by atoms with E-state index in [1.54, 1.807) is 24.3 Å².